The zero-order valence-corrected chi connectivity index (χ0v) is 24.4. The van der Waals surface area contributed by atoms with Crippen LogP contribution in [-0.4, -0.2) is 34.7 Å². The molecule has 0 spiro atoms. The van der Waals surface area contributed by atoms with Crippen molar-refractivity contribution >= 4 is 33.6 Å². The molecule has 1 aromatic heterocycles. The number of hydrogen-bond donors (Lipinski definition) is 0. The van der Waals surface area contributed by atoms with Crippen LogP contribution in [0, 0.1) is 12.8 Å². The van der Waals surface area contributed by atoms with E-state index >= 15 is 0 Å². The van der Waals surface area contributed by atoms with Gasteiger partial charge in [-0.1, -0.05) is 92.2 Å². The summed E-state index contributed by atoms with van der Waals surface area (Å²) in [5.41, 5.74) is 3.21. The van der Waals surface area contributed by atoms with Crippen LogP contribution in [0.3, 0.4) is 0 Å². The largest absolute Gasteiger partial charge is 0.464 e. The lowest BCUT2D eigenvalue weighted by Gasteiger charge is -2.28. The van der Waals surface area contributed by atoms with Gasteiger partial charge in [-0.2, -0.15) is 0 Å². The van der Waals surface area contributed by atoms with Gasteiger partial charge in [-0.3, -0.25) is 14.4 Å². The van der Waals surface area contributed by atoms with Crippen LogP contribution in [0.2, 0.25) is 0 Å². The Kier molecular flexibility index (Phi) is 8.82. The second-order valence-electron chi connectivity index (χ2n) is 11.3. The zero-order chi connectivity index (χ0) is 29.6. The Balaban J connectivity index is 1.47. The van der Waals surface area contributed by atoms with Crippen LogP contribution in [0.25, 0.3) is 21.7 Å². The monoisotopic (exact) mass is 560 g/mol. The summed E-state index contributed by atoms with van der Waals surface area (Å²) in [6.07, 6.45) is 2.21. The second kappa shape index (κ2) is 12.9. The Hall–Kier alpha value is -4.71. The van der Waals surface area contributed by atoms with Crippen molar-refractivity contribution in [1.29, 1.82) is 0 Å². The molecule has 0 atom stereocenters. The van der Waals surface area contributed by atoms with Crippen LogP contribution in [0.4, 0.5) is 0 Å². The lowest BCUT2D eigenvalue weighted by atomic mass is 10.0. The molecule has 0 N–H and O–H groups in total. The highest BCUT2D eigenvalue weighted by Gasteiger charge is 2.25. The number of benzene rings is 4. The normalized spacial score (nSPS) is 11.2. The minimum atomic E-state index is -0.236. The minimum absolute atomic E-state index is 0.0699. The van der Waals surface area contributed by atoms with Crippen molar-refractivity contribution in [2.75, 3.05) is 13.1 Å². The fourth-order valence-corrected chi connectivity index (χ4v) is 5.15. The van der Waals surface area contributed by atoms with Crippen LogP contribution in [-0.2, 0) is 17.9 Å². The summed E-state index contributed by atoms with van der Waals surface area (Å²) in [4.78, 5) is 44.7. The topological polar surface area (TPSA) is 70.8 Å². The Bertz CT molecular complexity index is 1770. The number of nitrogens with zero attached hydrogens (tertiary/aromatic N) is 2. The Morgan fingerprint density at radius 2 is 1.55 bits per heavy atom. The average molecular weight is 561 g/mol. The maximum absolute atomic E-state index is 14.0. The van der Waals surface area contributed by atoms with Crippen LogP contribution in [0.1, 0.15) is 47.3 Å². The number of carbonyl (C=O) groups is 2. The first kappa shape index (κ1) is 28.8. The van der Waals surface area contributed by atoms with E-state index in [4.69, 9.17) is 4.42 Å². The van der Waals surface area contributed by atoms with Crippen LogP contribution in [0.5, 0.6) is 0 Å². The Morgan fingerprint density at radius 1 is 0.810 bits per heavy atom. The van der Waals surface area contributed by atoms with E-state index in [1.165, 1.54) is 6.26 Å². The van der Waals surface area contributed by atoms with Gasteiger partial charge in [-0.15, -0.1) is 0 Å². The van der Waals surface area contributed by atoms with Gasteiger partial charge in [0.25, 0.3) is 5.91 Å². The van der Waals surface area contributed by atoms with Crippen molar-refractivity contribution in [2.45, 2.75) is 40.3 Å². The lowest BCUT2D eigenvalue weighted by molar-refractivity contribution is -0.133. The molecule has 6 heteroatoms. The maximum Gasteiger partial charge on any atom is 0.254 e. The molecule has 42 heavy (non-hydrogen) atoms. The summed E-state index contributed by atoms with van der Waals surface area (Å²) in [5.74, 6) is -0.0601. The Morgan fingerprint density at radius 3 is 2.33 bits per heavy atom. The predicted octanol–water partition coefficient (Wildman–Crippen LogP) is 6.97. The third-order valence-electron chi connectivity index (χ3n) is 7.54. The van der Waals surface area contributed by atoms with Gasteiger partial charge in [0, 0.05) is 18.7 Å². The molecule has 6 nitrogen and oxygen atoms in total. The molecule has 0 saturated carbocycles. The molecule has 0 aliphatic heterocycles. The van der Waals surface area contributed by atoms with Crippen molar-refractivity contribution in [3.63, 3.8) is 0 Å². The number of amides is 2. The van der Waals surface area contributed by atoms with E-state index in [0.29, 0.717) is 41.1 Å². The third-order valence-corrected chi connectivity index (χ3v) is 7.54. The van der Waals surface area contributed by atoms with Gasteiger partial charge in [-0.05, 0) is 53.8 Å². The molecular formula is C36H36N2O4. The summed E-state index contributed by atoms with van der Waals surface area (Å²) in [6, 6.07) is 28.6. The standard InChI is InChI=1S/C36H36N2O4/c1-25(2)18-19-37(36(41)31-15-9-13-28-12-7-8-14-30(28)31)23-34(39)38(21-27-10-5-4-6-11-27)22-29-24-42-33-17-16-26(3)20-32(33)35(29)40/h4-17,20,24-25H,18-19,21-23H2,1-3H3. The molecule has 4 aromatic carbocycles. The van der Waals surface area contributed by atoms with Crippen molar-refractivity contribution in [1.82, 2.24) is 9.80 Å². The fourth-order valence-electron chi connectivity index (χ4n) is 5.15. The molecule has 2 amide bonds. The van der Waals surface area contributed by atoms with Gasteiger partial charge in [0.2, 0.25) is 5.91 Å². The van der Waals surface area contributed by atoms with Crippen molar-refractivity contribution in [2.24, 2.45) is 5.92 Å². The van der Waals surface area contributed by atoms with Crippen LogP contribution in [0.15, 0.2) is 106 Å². The van der Waals surface area contributed by atoms with Crippen molar-refractivity contribution < 1.29 is 14.0 Å². The molecule has 0 aliphatic rings. The van der Waals surface area contributed by atoms with E-state index in [0.717, 1.165) is 28.3 Å². The van der Waals surface area contributed by atoms with Gasteiger partial charge in [0.15, 0.2) is 5.43 Å². The highest BCUT2D eigenvalue weighted by atomic mass is 16.3. The first-order valence-corrected chi connectivity index (χ1v) is 14.4. The van der Waals surface area contributed by atoms with Gasteiger partial charge in [0.1, 0.15) is 12.1 Å². The molecule has 5 rings (SSSR count). The number of carbonyl (C=O) groups excluding carboxylic acids is 2. The molecule has 0 aliphatic carbocycles. The summed E-state index contributed by atoms with van der Waals surface area (Å²) in [7, 11) is 0. The van der Waals surface area contributed by atoms with Gasteiger partial charge >= 0.3 is 0 Å². The van der Waals surface area contributed by atoms with E-state index in [1.807, 2.05) is 91.9 Å². The summed E-state index contributed by atoms with van der Waals surface area (Å²) in [5, 5.41) is 2.32. The van der Waals surface area contributed by atoms with E-state index in [9.17, 15) is 14.4 Å². The van der Waals surface area contributed by atoms with Crippen LogP contribution >= 0.6 is 0 Å². The maximum atomic E-state index is 14.0. The van der Waals surface area contributed by atoms with Crippen molar-refractivity contribution in [3.8, 4) is 0 Å². The summed E-state index contributed by atoms with van der Waals surface area (Å²) < 4.78 is 5.79. The third kappa shape index (κ3) is 6.60. The molecule has 1 heterocycles. The second-order valence-corrected chi connectivity index (χ2v) is 11.3. The molecule has 0 radical (unpaired) electrons. The SMILES string of the molecule is Cc1ccc2occ(CN(Cc3ccccc3)C(=O)CN(CCC(C)C)C(=O)c3cccc4ccccc34)c(=O)c2c1. The Labute approximate surface area is 246 Å². The number of fused-ring (bicyclic) bond motifs is 2. The zero-order valence-electron chi connectivity index (χ0n) is 24.4. The van der Waals surface area contributed by atoms with Crippen molar-refractivity contribution in [3.05, 3.63) is 130 Å². The molecule has 0 bridgehead atoms. The molecule has 0 fully saturated rings. The number of aryl methyl sites for hydroxylation is 1. The summed E-state index contributed by atoms with van der Waals surface area (Å²) >= 11 is 0. The highest BCUT2D eigenvalue weighted by Crippen LogP contribution is 2.21. The van der Waals surface area contributed by atoms with E-state index in [2.05, 4.69) is 13.8 Å². The number of hydrogen-bond acceptors (Lipinski definition) is 4. The lowest BCUT2D eigenvalue weighted by Crippen LogP contribution is -2.43. The predicted molar refractivity (Wildman–Crippen MR) is 167 cm³/mol. The quantitative estimate of drug-likeness (QED) is 0.185. The van der Waals surface area contributed by atoms with Crippen LogP contribution < -0.4 is 5.43 Å². The van der Waals surface area contributed by atoms with E-state index in [1.54, 1.807) is 15.9 Å². The fraction of sp³-hybridized carbons (Fsp3) is 0.250. The smallest absolute Gasteiger partial charge is 0.254 e. The highest BCUT2D eigenvalue weighted by molar-refractivity contribution is 6.07. The first-order chi connectivity index (χ1) is 20.3. The van der Waals surface area contributed by atoms with E-state index < -0.39 is 0 Å². The van der Waals surface area contributed by atoms with E-state index in [-0.39, 0.29) is 30.3 Å². The summed E-state index contributed by atoms with van der Waals surface area (Å²) in [6.45, 7) is 6.85. The van der Waals surface area contributed by atoms with Gasteiger partial charge in [0.05, 0.1) is 23.8 Å². The van der Waals surface area contributed by atoms with Gasteiger partial charge in [-0.25, -0.2) is 0 Å². The molecular weight excluding hydrogens is 524 g/mol. The van der Waals surface area contributed by atoms with Gasteiger partial charge < -0.3 is 14.2 Å². The molecule has 214 valence electrons. The molecule has 0 saturated heterocycles. The average Bonchev–Trinajstić information content (AvgIpc) is 3.00. The minimum Gasteiger partial charge on any atom is -0.464 e. The number of rotatable bonds is 10. The first-order valence-electron chi connectivity index (χ1n) is 14.4. The molecule has 0 unspecified atom stereocenters. The molecule has 5 aromatic rings.